The summed E-state index contributed by atoms with van der Waals surface area (Å²) < 4.78 is 0. The summed E-state index contributed by atoms with van der Waals surface area (Å²) >= 11 is 1.54. The minimum absolute atomic E-state index is 0.104. The Balaban J connectivity index is 2.18. The first-order valence-electron chi connectivity index (χ1n) is 5.27. The molecule has 0 radical (unpaired) electrons. The molecule has 0 unspecified atom stereocenters. The van der Waals surface area contributed by atoms with Crippen LogP contribution in [0.1, 0.15) is 27.2 Å². The second-order valence-electron chi connectivity index (χ2n) is 4.20. The molecule has 0 saturated carbocycles. The van der Waals surface area contributed by atoms with Gasteiger partial charge in [0.25, 0.3) is 0 Å². The Kier molecular flexibility index (Phi) is 2.63. The number of carbonyl (C=O) groups excluding carboxylic acids is 2. The van der Waals surface area contributed by atoms with E-state index in [4.69, 9.17) is 0 Å². The molecule has 3 atom stereocenters. The van der Waals surface area contributed by atoms with Crippen LogP contribution in [0, 0.1) is 11.8 Å². The second kappa shape index (κ2) is 3.67. The Morgan fingerprint density at radius 3 is 2.80 bits per heavy atom. The zero-order valence-corrected chi connectivity index (χ0v) is 10.0. The lowest BCUT2D eigenvalue weighted by Crippen LogP contribution is -2.58. The molecule has 1 saturated heterocycles. The molecular formula is C11H15NO2S. The van der Waals surface area contributed by atoms with Crippen molar-refractivity contribution in [3.05, 3.63) is 10.6 Å². The predicted molar refractivity (Wildman–Crippen MR) is 59.9 cm³/mol. The lowest BCUT2D eigenvalue weighted by molar-refractivity contribution is -0.149. The van der Waals surface area contributed by atoms with Gasteiger partial charge < -0.3 is 4.90 Å². The Labute approximate surface area is 93.9 Å². The Morgan fingerprint density at radius 2 is 2.27 bits per heavy atom. The number of nitrogens with zero attached hydrogens (tertiary/aromatic N) is 1. The van der Waals surface area contributed by atoms with E-state index in [1.54, 1.807) is 16.7 Å². The summed E-state index contributed by atoms with van der Waals surface area (Å²) in [6.45, 7) is 6.05. The van der Waals surface area contributed by atoms with Crippen molar-refractivity contribution in [3.8, 4) is 0 Å². The average molecular weight is 225 g/mol. The van der Waals surface area contributed by atoms with Gasteiger partial charge in [-0.3, -0.25) is 9.59 Å². The van der Waals surface area contributed by atoms with Crippen LogP contribution in [0.5, 0.6) is 0 Å². The average Bonchev–Trinajstić information content (AvgIpc) is 2.50. The topological polar surface area (TPSA) is 37.4 Å². The fourth-order valence-electron chi connectivity index (χ4n) is 2.19. The molecule has 2 aliphatic rings. The maximum absolute atomic E-state index is 11.9. The molecule has 82 valence electrons. The van der Waals surface area contributed by atoms with Crippen molar-refractivity contribution in [1.29, 1.82) is 0 Å². The smallest absolute Gasteiger partial charge is 0.234 e. The third-order valence-corrected chi connectivity index (χ3v) is 4.81. The number of rotatable bonds is 3. The Hall–Kier alpha value is -0.770. The minimum atomic E-state index is 0.104. The van der Waals surface area contributed by atoms with Crippen LogP contribution < -0.4 is 0 Å². The first-order chi connectivity index (χ1) is 7.11. The maximum atomic E-state index is 11.9. The number of fused-ring (bicyclic) bond motifs is 1. The van der Waals surface area contributed by atoms with Gasteiger partial charge in [-0.1, -0.05) is 32.0 Å². The maximum Gasteiger partial charge on any atom is 0.234 e. The van der Waals surface area contributed by atoms with Crippen LogP contribution in [0.2, 0.25) is 0 Å². The van der Waals surface area contributed by atoms with E-state index in [1.807, 2.05) is 6.92 Å². The van der Waals surface area contributed by atoms with Gasteiger partial charge in [0.05, 0.1) is 16.2 Å². The number of β-lactam (4-membered cyclic amide) rings is 1. The van der Waals surface area contributed by atoms with Gasteiger partial charge in [-0.2, -0.15) is 0 Å². The van der Waals surface area contributed by atoms with E-state index >= 15 is 0 Å². The molecule has 2 aliphatic heterocycles. The van der Waals surface area contributed by atoms with Crippen LogP contribution in [0.3, 0.4) is 0 Å². The summed E-state index contributed by atoms with van der Waals surface area (Å²) in [5, 5.41) is 0.188. The molecule has 0 N–H and O–H groups in total. The molecule has 0 aromatic carbocycles. The largest absolute Gasteiger partial charge is 0.301 e. The van der Waals surface area contributed by atoms with Crippen molar-refractivity contribution in [2.75, 3.05) is 0 Å². The van der Waals surface area contributed by atoms with E-state index in [-0.39, 0.29) is 17.2 Å². The Morgan fingerprint density at radius 1 is 1.60 bits per heavy atom. The van der Waals surface area contributed by atoms with Crippen LogP contribution in [0.4, 0.5) is 0 Å². The van der Waals surface area contributed by atoms with E-state index in [2.05, 4.69) is 13.8 Å². The summed E-state index contributed by atoms with van der Waals surface area (Å²) in [5.41, 5.74) is 0.838. The van der Waals surface area contributed by atoms with Crippen LogP contribution in [-0.2, 0) is 9.59 Å². The van der Waals surface area contributed by atoms with E-state index in [9.17, 15) is 9.59 Å². The molecule has 0 aromatic heterocycles. The van der Waals surface area contributed by atoms with Gasteiger partial charge in [0.2, 0.25) is 5.91 Å². The first kappa shape index (κ1) is 10.7. The monoisotopic (exact) mass is 225 g/mol. The zero-order valence-electron chi connectivity index (χ0n) is 9.19. The first-order valence-corrected chi connectivity index (χ1v) is 6.15. The van der Waals surface area contributed by atoms with Gasteiger partial charge in [-0.15, -0.1) is 0 Å². The number of hydrogen-bond donors (Lipinski definition) is 0. The SMILES string of the molecule is CC[C@H](C)[C@@H]1C(=O)N2C(C)=C(C=O)S[C@H]12. The highest BCUT2D eigenvalue weighted by molar-refractivity contribution is 8.04. The number of amides is 1. The van der Waals surface area contributed by atoms with Gasteiger partial charge >= 0.3 is 0 Å². The summed E-state index contributed by atoms with van der Waals surface area (Å²) in [6, 6.07) is 0. The number of carbonyl (C=O) groups is 2. The third kappa shape index (κ3) is 1.34. The second-order valence-corrected chi connectivity index (χ2v) is 5.35. The van der Waals surface area contributed by atoms with Crippen LogP contribution in [0.25, 0.3) is 0 Å². The van der Waals surface area contributed by atoms with Crippen molar-refractivity contribution in [2.45, 2.75) is 32.6 Å². The molecule has 1 amide bonds. The van der Waals surface area contributed by atoms with E-state index < -0.39 is 0 Å². The standard InChI is InChI=1S/C11H15NO2S/c1-4-6(2)9-10(14)12-7(3)8(5-13)15-11(9)12/h5-6,9,11H,4H2,1-3H3/t6-,9+,11+/m0/s1. The van der Waals surface area contributed by atoms with E-state index in [1.165, 1.54) is 0 Å². The van der Waals surface area contributed by atoms with Crippen molar-refractivity contribution in [2.24, 2.45) is 11.8 Å². The normalized spacial score (nSPS) is 31.4. The molecule has 4 heteroatoms. The predicted octanol–water partition coefficient (Wildman–Crippen LogP) is 1.99. The molecule has 0 spiro atoms. The van der Waals surface area contributed by atoms with E-state index in [0.29, 0.717) is 5.92 Å². The van der Waals surface area contributed by atoms with Crippen LogP contribution >= 0.6 is 11.8 Å². The van der Waals surface area contributed by atoms with Gasteiger partial charge in [0, 0.05) is 5.70 Å². The molecule has 15 heavy (non-hydrogen) atoms. The molecule has 1 fully saturated rings. The third-order valence-electron chi connectivity index (χ3n) is 3.41. The fourth-order valence-corrected chi connectivity index (χ4v) is 3.68. The highest BCUT2D eigenvalue weighted by atomic mass is 32.2. The lowest BCUT2D eigenvalue weighted by Gasteiger charge is -2.45. The van der Waals surface area contributed by atoms with E-state index in [0.717, 1.165) is 23.3 Å². The van der Waals surface area contributed by atoms with Crippen molar-refractivity contribution in [1.82, 2.24) is 4.90 Å². The molecule has 2 rings (SSSR count). The Bertz CT molecular complexity index is 350. The van der Waals surface area contributed by atoms with Crippen LogP contribution in [0.15, 0.2) is 10.6 Å². The summed E-state index contributed by atoms with van der Waals surface area (Å²) in [5.74, 6) is 0.702. The fraction of sp³-hybridized carbons (Fsp3) is 0.636. The molecule has 3 nitrogen and oxygen atoms in total. The van der Waals surface area contributed by atoms with Crippen molar-refractivity contribution < 1.29 is 9.59 Å². The number of aldehydes is 1. The van der Waals surface area contributed by atoms with Gasteiger partial charge in [0.1, 0.15) is 0 Å². The summed E-state index contributed by atoms with van der Waals surface area (Å²) in [7, 11) is 0. The number of thioether (sulfide) groups is 1. The van der Waals surface area contributed by atoms with Crippen LogP contribution in [-0.4, -0.2) is 22.5 Å². The van der Waals surface area contributed by atoms with Crippen molar-refractivity contribution >= 4 is 24.0 Å². The van der Waals surface area contributed by atoms with Crippen molar-refractivity contribution in [3.63, 3.8) is 0 Å². The highest BCUT2D eigenvalue weighted by Crippen LogP contribution is 2.50. The molecule has 0 aliphatic carbocycles. The lowest BCUT2D eigenvalue weighted by atomic mass is 9.84. The molecule has 2 heterocycles. The molecule has 0 bridgehead atoms. The highest BCUT2D eigenvalue weighted by Gasteiger charge is 2.54. The number of allylic oxidation sites excluding steroid dienone is 2. The summed E-state index contributed by atoms with van der Waals surface area (Å²) in [6.07, 6.45) is 1.87. The van der Waals surface area contributed by atoms with Gasteiger partial charge in [-0.25, -0.2) is 0 Å². The van der Waals surface area contributed by atoms with Gasteiger partial charge in [-0.05, 0) is 12.8 Å². The minimum Gasteiger partial charge on any atom is -0.301 e. The molecular weight excluding hydrogens is 210 g/mol. The van der Waals surface area contributed by atoms with Gasteiger partial charge in [0.15, 0.2) is 6.29 Å². The molecule has 0 aromatic rings. The quantitative estimate of drug-likeness (QED) is 0.544. The number of hydrogen-bond acceptors (Lipinski definition) is 3. The zero-order chi connectivity index (χ0) is 11.2. The summed E-state index contributed by atoms with van der Waals surface area (Å²) in [4.78, 5) is 25.1.